The molecule has 1 fully saturated rings. The van der Waals surface area contributed by atoms with Gasteiger partial charge in [-0.1, -0.05) is 6.92 Å². The minimum Gasteiger partial charge on any atom is -0.393 e. The van der Waals surface area contributed by atoms with Crippen molar-refractivity contribution in [3.8, 4) is 5.69 Å². The van der Waals surface area contributed by atoms with Gasteiger partial charge in [0, 0.05) is 30.1 Å². The molecule has 0 radical (unpaired) electrons. The predicted octanol–water partition coefficient (Wildman–Crippen LogP) is 3.43. The molecule has 1 saturated heterocycles. The monoisotopic (exact) mass is 444 g/mol. The van der Waals surface area contributed by atoms with Crippen molar-refractivity contribution in [2.45, 2.75) is 44.8 Å². The zero-order chi connectivity index (χ0) is 22.1. The van der Waals surface area contributed by atoms with Crippen LogP contribution in [0.15, 0.2) is 35.4 Å². The highest BCUT2D eigenvalue weighted by Crippen LogP contribution is 2.27. The maximum atomic E-state index is 15.0. The standard InChI is InChI=1S/C23H29FN4O2S/c1-4-17(29)6-7-18-12-20-22(31-18)23(30)28(14-25-20)15-5-8-21(19(24)11-15)27-10-9-16(13-27)26(2)3/h5,8,11-12,14,16-17,29H,4,6-7,9-10,13H2,1-3H3/t16-,17?/m1/s1. The number of nitrogens with zero attached hydrogens (tertiary/aromatic N) is 4. The second-order valence-corrected chi connectivity index (χ2v) is 9.57. The van der Waals surface area contributed by atoms with Gasteiger partial charge < -0.3 is 14.9 Å². The van der Waals surface area contributed by atoms with E-state index in [0.29, 0.717) is 46.9 Å². The van der Waals surface area contributed by atoms with Crippen LogP contribution in [0.4, 0.5) is 10.1 Å². The zero-order valence-corrected chi connectivity index (χ0v) is 19.0. The zero-order valence-electron chi connectivity index (χ0n) is 18.2. The van der Waals surface area contributed by atoms with Crippen LogP contribution in [0.1, 0.15) is 31.1 Å². The van der Waals surface area contributed by atoms with Crippen LogP contribution in [0.2, 0.25) is 0 Å². The molecular weight excluding hydrogens is 415 g/mol. The third-order valence-electron chi connectivity index (χ3n) is 6.13. The van der Waals surface area contributed by atoms with Crippen molar-refractivity contribution < 1.29 is 9.50 Å². The minimum atomic E-state index is -0.333. The van der Waals surface area contributed by atoms with Crippen molar-refractivity contribution in [3.05, 3.63) is 51.6 Å². The van der Waals surface area contributed by atoms with Crippen molar-refractivity contribution >= 4 is 27.2 Å². The molecule has 1 unspecified atom stereocenters. The Balaban J connectivity index is 1.59. The maximum Gasteiger partial charge on any atom is 0.275 e. The van der Waals surface area contributed by atoms with Crippen molar-refractivity contribution in [1.82, 2.24) is 14.5 Å². The van der Waals surface area contributed by atoms with Crippen LogP contribution in [0, 0.1) is 5.82 Å². The Kier molecular flexibility index (Phi) is 6.41. The van der Waals surface area contributed by atoms with Gasteiger partial charge in [-0.2, -0.15) is 0 Å². The molecule has 1 N–H and O–H groups in total. The lowest BCUT2D eigenvalue weighted by Gasteiger charge is -2.22. The first-order valence-electron chi connectivity index (χ1n) is 10.8. The van der Waals surface area contributed by atoms with E-state index in [0.717, 1.165) is 24.4 Å². The number of anilines is 1. The Hall–Kier alpha value is -2.29. The molecule has 166 valence electrons. The van der Waals surface area contributed by atoms with Crippen molar-refractivity contribution in [2.75, 3.05) is 32.1 Å². The molecule has 2 aromatic heterocycles. The number of benzene rings is 1. The summed E-state index contributed by atoms with van der Waals surface area (Å²) in [7, 11) is 4.09. The van der Waals surface area contributed by atoms with Crippen molar-refractivity contribution in [1.29, 1.82) is 0 Å². The fourth-order valence-electron chi connectivity index (χ4n) is 4.07. The van der Waals surface area contributed by atoms with E-state index in [2.05, 4.69) is 14.8 Å². The van der Waals surface area contributed by atoms with E-state index in [-0.39, 0.29) is 17.5 Å². The summed E-state index contributed by atoms with van der Waals surface area (Å²) >= 11 is 1.40. The predicted molar refractivity (Wildman–Crippen MR) is 124 cm³/mol. The highest BCUT2D eigenvalue weighted by Gasteiger charge is 2.26. The molecule has 0 spiro atoms. The van der Waals surface area contributed by atoms with Gasteiger partial charge in [-0.15, -0.1) is 11.3 Å². The van der Waals surface area contributed by atoms with E-state index in [1.165, 1.54) is 28.3 Å². The fourth-order valence-corrected chi connectivity index (χ4v) is 5.12. The first-order chi connectivity index (χ1) is 14.9. The number of aliphatic hydroxyl groups is 1. The number of rotatable bonds is 7. The Labute approximate surface area is 185 Å². The first-order valence-corrected chi connectivity index (χ1v) is 11.6. The Morgan fingerprint density at radius 2 is 2.16 bits per heavy atom. The molecular formula is C23H29FN4O2S. The summed E-state index contributed by atoms with van der Waals surface area (Å²) in [6, 6.07) is 7.28. The lowest BCUT2D eigenvalue weighted by Crippen LogP contribution is -2.31. The van der Waals surface area contributed by atoms with E-state index in [1.807, 2.05) is 27.1 Å². The molecule has 0 amide bonds. The largest absolute Gasteiger partial charge is 0.393 e. The van der Waals surface area contributed by atoms with Crippen LogP contribution in [-0.2, 0) is 6.42 Å². The number of aliphatic hydroxyl groups excluding tert-OH is 1. The second-order valence-electron chi connectivity index (χ2n) is 8.44. The lowest BCUT2D eigenvalue weighted by atomic mass is 10.1. The summed E-state index contributed by atoms with van der Waals surface area (Å²) in [5, 5.41) is 9.79. The summed E-state index contributed by atoms with van der Waals surface area (Å²) in [6.07, 6.45) is 4.22. The molecule has 1 aromatic carbocycles. The Morgan fingerprint density at radius 1 is 1.35 bits per heavy atom. The normalized spacial score (nSPS) is 17.7. The van der Waals surface area contributed by atoms with E-state index < -0.39 is 0 Å². The molecule has 0 aliphatic carbocycles. The molecule has 0 bridgehead atoms. The summed E-state index contributed by atoms with van der Waals surface area (Å²) in [4.78, 5) is 22.7. The third kappa shape index (κ3) is 4.51. The van der Waals surface area contributed by atoms with Gasteiger partial charge in [0.15, 0.2) is 0 Å². The molecule has 3 heterocycles. The Bertz CT molecular complexity index is 1130. The minimum absolute atomic E-state index is 0.196. The number of likely N-dealkylation sites (N-methyl/N-ethyl adjacent to an activating group) is 1. The average molecular weight is 445 g/mol. The van der Waals surface area contributed by atoms with Gasteiger partial charge >= 0.3 is 0 Å². The molecule has 4 rings (SSSR count). The number of fused-ring (bicyclic) bond motifs is 1. The number of aromatic nitrogens is 2. The maximum absolute atomic E-state index is 15.0. The highest BCUT2D eigenvalue weighted by atomic mass is 32.1. The summed E-state index contributed by atoms with van der Waals surface area (Å²) in [6.45, 7) is 3.56. The molecule has 8 heteroatoms. The van der Waals surface area contributed by atoms with Crippen LogP contribution in [0.3, 0.4) is 0 Å². The molecule has 1 aliphatic rings. The van der Waals surface area contributed by atoms with Gasteiger partial charge in [-0.25, -0.2) is 9.37 Å². The number of thiophene rings is 1. The summed E-state index contributed by atoms with van der Waals surface area (Å²) < 4.78 is 16.9. The summed E-state index contributed by atoms with van der Waals surface area (Å²) in [5.41, 5.74) is 1.50. The number of hydrogen-bond acceptors (Lipinski definition) is 6. The van der Waals surface area contributed by atoms with Crippen LogP contribution in [0.5, 0.6) is 0 Å². The second kappa shape index (κ2) is 9.06. The SMILES string of the molecule is CCC(O)CCc1cc2ncn(-c3ccc(N4CC[C@@H](N(C)C)C4)c(F)c3)c(=O)c2s1. The van der Waals surface area contributed by atoms with Crippen LogP contribution in [-0.4, -0.2) is 58.9 Å². The van der Waals surface area contributed by atoms with E-state index in [4.69, 9.17) is 0 Å². The van der Waals surface area contributed by atoms with Gasteiger partial charge in [0.25, 0.3) is 5.56 Å². The topological polar surface area (TPSA) is 61.6 Å². The molecule has 3 aromatic rings. The van der Waals surface area contributed by atoms with Gasteiger partial charge in [-0.05, 0) is 58.0 Å². The molecule has 1 aliphatic heterocycles. The van der Waals surface area contributed by atoms with E-state index >= 15 is 0 Å². The van der Waals surface area contributed by atoms with Crippen LogP contribution >= 0.6 is 11.3 Å². The first kappa shape index (κ1) is 21.9. The van der Waals surface area contributed by atoms with Gasteiger partial charge in [0.1, 0.15) is 16.8 Å². The molecule has 0 saturated carbocycles. The smallest absolute Gasteiger partial charge is 0.275 e. The lowest BCUT2D eigenvalue weighted by molar-refractivity contribution is 0.161. The van der Waals surface area contributed by atoms with E-state index in [1.54, 1.807) is 12.1 Å². The number of hydrogen-bond donors (Lipinski definition) is 1. The van der Waals surface area contributed by atoms with Crippen molar-refractivity contribution in [3.63, 3.8) is 0 Å². The average Bonchev–Trinajstić information content (AvgIpc) is 3.40. The van der Waals surface area contributed by atoms with Gasteiger partial charge in [0.05, 0.1) is 23.0 Å². The van der Waals surface area contributed by atoms with Crippen LogP contribution < -0.4 is 10.5 Å². The van der Waals surface area contributed by atoms with Gasteiger partial charge in [-0.3, -0.25) is 9.36 Å². The molecule has 31 heavy (non-hydrogen) atoms. The molecule has 2 atom stereocenters. The Morgan fingerprint density at radius 3 is 2.84 bits per heavy atom. The molecule has 6 nitrogen and oxygen atoms in total. The van der Waals surface area contributed by atoms with Crippen molar-refractivity contribution in [2.24, 2.45) is 0 Å². The third-order valence-corrected chi connectivity index (χ3v) is 7.30. The quantitative estimate of drug-likeness (QED) is 0.605. The number of aryl methyl sites for hydroxylation is 1. The number of halogens is 1. The highest BCUT2D eigenvalue weighted by molar-refractivity contribution is 7.18. The van der Waals surface area contributed by atoms with Gasteiger partial charge in [0.2, 0.25) is 0 Å². The fraction of sp³-hybridized carbons (Fsp3) is 0.478. The van der Waals surface area contributed by atoms with Crippen LogP contribution in [0.25, 0.3) is 15.9 Å². The summed E-state index contributed by atoms with van der Waals surface area (Å²) in [5.74, 6) is -0.329. The van der Waals surface area contributed by atoms with E-state index in [9.17, 15) is 14.3 Å².